The largest absolute Gasteiger partial charge is 0.481 e. The molecule has 0 bridgehead atoms. The zero-order valence-corrected chi connectivity index (χ0v) is 22.7. The summed E-state index contributed by atoms with van der Waals surface area (Å²) in [5.41, 5.74) is 4.10. The van der Waals surface area contributed by atoms with Crippen LogP contribution in [0.3, 0.4) is 0 Å². The van der Waals surface area contributed by atoms with Crippen LogP contribution in [0.25, 0.3) is 0 Å². The Balaban J connectivity index is 1.66. The minimum Gasteiger partial charge on any atom is -0.481 e. The van der Waals surface area contributed by atoms with E-state index >= 15 is 0 Å². The highest BCUT2D eigenvalue weighted by Gasteiger charge is 2.39. The smallest absolute Gasteiger partial charge is 0.306 e. The number of benzene rings is 1. The van der Waals surface area contributed by atoms with Crippen LogP contribution in [0.4, 0.5) is 0 Å². The fraction of sp³-hybridized carbons (Fsp3) is 0.483. The van der Waals surface area contributed by atoms with Gasteiger partial charge in [0.15, 0.2) is 0 Å². The number of aliphatic carboxylic acids is 1. The Hall–Kier alpha value is -2.74. The summed E-state index contributed by atoms with van der Waals surface area (Å²) in [6.07, 6.45) is 7.75. The Morgan fingerprint density at radius 1 is 1.30 bits per heavy atom. The standard InChI is InChI=1S/C29H37ClN2O5/c1-19(2)14-22(6-5-12-37-13-11-31-27(33)9-10-28(31)34)18-32(25-16-24(17-25)29(35)36)21(4)23-7-8-26(30)20(3)15-23/h5-8,14-15,21,24-25H,1,9-13,16-18H2,2-4H3,(H,35,36)/b6-5-,22-14+/t21-,24?,25?/m0/s1. The molecule has 1 aromatic carbocycles. The molecule has 37 heavy (non-hydrogen) atoms. The molecular weight excluding hydrogens is 492 g/mol. The van der Waals surface area contributed by atoms with Crippen molar-refractivity contribution in [3.63, 3.8) is 0 Å². The van der Waals surface area contributed by atoms with E-state index in [2.05, 4.69) is 24.5 Å². The number of ether oxygens (including phenoxy) is 1. The van der Waals surface area contributed by atoms with Crippen LogP contribution in [0.5, 0.6) is 0 Å². The number of rotatable bonds is 13. The first kappa shape index (κ1) is 28.8. The second-order valence-corrected chi connectivity index (χ2v) is 10.4. The molecule has 1 aliphatic heterocycles. The topological polar surface area (TPSA) is 87.2 Å². The number of carboxylic acids is 1. The van der Waals surface area contributed by atoms with E-state index in [1.807, 2.05) is 44.2 Å². The van der Waals surface area contributed by atoms with E-state index < -0.39 is 5.97 Å². The van der Waals surface area contributed by atoms with Crippen LogP contribution in [0.2, 0.25) is 5.02 Å². The lowest BCUT2D eigenvalue weighted by atomic mass is 9.78. The molecule has 2 aliphatic rings. The van der Waals surface area contributed by atoms with Crippen molar-refractivity contribution >= 4 is 29.4 Å². The average Bonchev–Trinajstić information content (AvgIpc) is 3.12. The molecule has 0 spiro atoms. The molecule has 8 heteroatoms. The first-order chi connectivity index (χ1) is 17.6. The zero-order chi connectivity index (χ0) is 27.1. The number of hydrogen-bond donors (Lipinski definition) is 1. The number of carbonyl (C=O) groups is 3. The van der Waals surface area contributed by atoms with Crippen molar-refractivity contribution < 1.29 is 24.2 Å². The Morgan fingerprint density at radius 2 is 1.97 bits per heavy atom. The highest BCUT2D eigenvalue weighted by molar-refractivity contribution is 6.31. The molecule has 1 saturated heterocycles. The lowest BCUT2D eigenvalue weighted by molar-refractivity contribution is -0.147. The summed E-state index contributed by atoms with van der Waals surface area (Å²) >= 11 is 6.25. The third kappa shape index (κ3) is 7.87. The number of carboxylic acid groups (broad SMARTS) is 1. The number of amides is 2. The van der Waals surface area contributed by atoms with Crippen LogP contribution in [0.1, 0.15) is 56.7 Å². The van der Waals surface area contributed by atoms with Gasteiger partial charge in [0.25, 0.3) is 0 Å². The summed E-state index contributed by atoms with van der Waals surface area (Å²) in [6, 6.07) is 6.24. The summed E-state index contributed by atoms with van der Waals surface area (Å²) in [7, 11) is 0. The monoisotopic (exact) mass is 528 g/mol. The maximum absolute atomic E-state index is 11.7. The average molecular weight is 529 g/mol. The third-order valence-electron chi connectivity index (χ3n) is 7.05. The normalized spacial score (nSPS) is 21.1. The molecule has 2 fully saturated rings. The molecule has 3 rings (SSSR count). The Bertz CT molecular complexity index is 1070. The number of nitrogens with zero attached hydrogens (tertiary/aromatic N) is 2. The van der Waals surface area contributed by atoms with Crippen LogP contribution in [0.15, 0.2) is 54.2 Å². The molecule has 0 aromatic heterocycles. The first-order valence-corrected chi connectivity index (χ1v) is 13.1. The number of aryl methyl sites for hydroxylation is 1. The molecule has 0 unspecified atom stereocenters. The maximum Gasteiger partial charge on any atom is 0.306 e. The van der Waals surface area contributed by atoms with Gasteiger partial charge in [-0.2, -0.15) is 0 Å². The molecule has 1 aliphatic carbocycles. The number of halogens is 1. The van der Waals surface area contributed by atoms with E-state index in [-0.39, 0.29) is 49.2 Å². The van der Waals surface area contributed by atoms with Crippen LogP contribution in [-0.4, -0.2) is 65.0 Å². The van der Waals surface area contributed by atoms with Gasteiger partial charge in [-0.25, -0.2) is 0 Å². The van der Waals surface area contributed by atoms with E-state index in [0.717, 1.165) is 27.3 Å². The van der Waals surface area contributed by atoms with E-state index in [0.29, 0.717) is 32.6 Å². The van der Waals surface area contributed by atoms with Crippen molar-refractivity contribution in [2.75, 3.05) is 26.3 Å². The van der Waals surface area contributed by atoms with Crippen molar-refractivity contribution in [1.82, 2.24) is 9.80 Å². The second kappa shape index (κ2) is 13.2. The van der Waals surface area contributed by atoms with Gasteiger partial charge in [0, 0.05) is 36.5 Å². The molecule has 1 aromatic rings. The Labute approximate surface area is 224 Å². The molecule has 2 amide bonds. The molecule has 0 radical (unpaired) electrons. The lowest BCUT2D eigenvalue weighted by Gasteiger charge is -2.44. The van der Waals surface area contributed by atoms with E-state index in [9.17, 15) is 19.5 Å². The number of imide groups is 1. The summed E-state index contributed by atoms with van der Waals surface area (Å²) in [6.45, 7) is 11.6. The molecule has 7 nitrogen and oxygen atoms in total. The van der Waals surface area contributed by atoms with E-state index in [4.69, 9.17) is 16.3 Å². The van der Waals surface area contributed by atoms with Gasteiger partial charge in [0.1, 0.15) is 0 Å². The number of carbonyl (C=O) groups excluding carboxylic acids is 2. The Kier molecular flexibility index (Phi) is 10.3. The lowest BCUT2D eigenvalue weighted by Crippen LogP contribution is -2.48. The third-order valence-corrected chi connectivity index (χ3v) is 7.47. The van der Waals surface area contributed by atoms with Crippen molar-refractivity contribution in [2.24, 2.45) is 5.92 Å². The van der Waals surface area contributed by atoms with Gasteiger partial charge in [-0.15, -0.1) is 0 Å². The number of hydrogen-bond acceptors (Lipinski definition) is 5. The van der Waals surface area contributed by atoms with Gasteiger partial charge >= 0.3 is 5.97 Å². The molecule has 200 valence electrons. The maximum atomic E-state index is 11.7. The molecular formula is C29H37ClN2O5. The van der Waals surface area contributed by atoms with E-state index in [1.165, 1.54) is 4.90 Å². The Morgan fingerprint density at radius 3 is 2.57 bits per heavy atom. The van der Waals surface area contributed by atoms with Crippen molar-refractivity contribution in [2.45, 2.75) is 58.5 Å². The number of likely N-dealkylation sites (tertiary alicyclic amines) is 1. The van der Waals surface area contributed by atoms with Crippen molar-refractivity contribution in [3.8, 4) is 0 Å². The molecule has 1 heterocycles. The molecule has 1 saturated carbocycles. The van der Waals surface area contributed by atoms with Gasteiger partial charge in [-0.3, -0.25) is 24.2 Å². The van der Waals surface area contributed by atoms with Gasteiger partial charge in [-0.1, -0.05) is 54.1 Å². The first-order valence-electron chi connectivity index (χ1n) is 12.7. The SMILES string of the molecule is C=C(C)/C=C(\C=C/COCCN1C(=O)CCC1=O)CN(C1CC(C(=O)O)C1)[C@@H](C)c1ccc(Cl)c(C)c1. The quantitative estimate of drug-likeness (QED) is 0.218. The van der Waals surface area contributed by atoms with Crippen molar-refractivity contribution in [3.05, 3.63) is 70.3 Å². The summed E-state index contributed by atoms with van der Waals surface area (Å²) < 4.78 is 5.64. The van der Waals surface area contributed by atoms with Crippen molar-refractivity contribution in [1.29, 1.82) is 0 Å². The minimum absolute atomic E-state index is 0.0596. The predicted octanol–water partition coefficient (Wildman–Crippen LogP) is 5.10. The van der Waals surface area contributed by atoms with Crippen LogP contribution in [0, 0.1) is 12.8 Å². The molecule has 1 atom stereocenters. The molecule has 1 N–H and O–H groups in total. The van der Waals surface area contributed by atoms with Crippen LogP contribution in [-0.2, 0) is 19.1 Å². The van der Waals surface area contributed by atoms with Crippen LogP contribution < -0.4 is 0 Å². The highest BCUT2D eigenvalue weighted by atomic mass is 35.5. The summed E-state index contributed by atoms with van der Waals surface area (Å²) in [5, 5.41) is 10.1. The minimum atomic E-state index is -0.738. The number of allylic oxidation sites excluding steroid dienone is 2. The summed E-state index contributed by atoms with van der Waals surface area (Å²) in [5.74, 6) is -1.32. The van der Waals surface area contributed by atoms with Crippen LogP contribution >= 0.6 is 11.6 Å². The van der Waals surface area contributed by atoms with Gasteiger partial charge in [-0.05, 0) is 56.4 Å². The van der Waals surface area contributed by atoms with Gasteiger partial charge in [0.05, 0.1) is 25.7 Å². The zero-order valence-electron chi connectivity index (χ0n) is 21.9. The van der Waals surface area contributed by atoms with Gasteiger partial charge in [0.2, 0.25) is 11.8 Å². The fourth-order valence-corrected chi connectivity index (χ4v) is 4.93. The fourth-order valence-electron chi connectivity index (χ4n) is 4.81. The highest BCUT2D eigenvalue weighted by Crippen LogP contribution is 2.38. The summed E-state index contributed by atoms with van der Waals surface area (Å²) in [4.78, 5) is 38.5. The van der Waals surface area contributed by atoms with E-state index in [1.54, 1.807) is 0 Å². The second-order valence-electron chi connectivity index (χ2n) is 10.00. The van der Waals surface area contributed by atoms with Gasteiger partial charge < -0.3 is 9.84 Å². The predicted molar refractivity (Wildman–Crippen MR) is 144 cm³/mol.